The van der Waals surface area contributed by atoms with Crippen LogP contribution in [-0.4, -0.2) is 27.3 Å². The number of carbonyl (C=O) groups excluding carboxylic acids is 1. The molecule has 8 nitrogen and oxygen atoms in total. The van der Waals surface area contributed by atoms with Crippen molar-refractivity contribution in [1.29, 1.82) is 0 Å². The zero-order valence-corrected chi connectivity index (χ0v) is 15.2. The van der Waals surface area contributed by atoms with Crippen molar-refractivity contribution < 1.29 is 9.72 Å². The van der Waals surface area contributed by atoms with Gasteiger partial charge in [0.05, 0.1) is 10.4 Å². The molecule has 0 fully saturated rings. The van der Waals surface area contributed by atoms with Gasteiger partial charge in [-0.15, -0.1) is 0 Å². The fourth-order valence-corrected chi connectivity index (χ4v) is 2.98. The van der Waals surface area contributed by atoms with Gasteiger partial charge in [0.15, 0.2) is 0 Å². The summed E-state index contributed by atoms with van der Waals surface area (Å²) < 4.78 is 0. The molecule has 1 aromatic heterocycles. The van der Waals surface area contributed by atoms with Crippen LogP contribution >= 0.6 is 0 Å². The molecule has 0 unspecified atom stereocenters. The SMILES string of the molecule is CCNc1nc(NC(=O)c2cc(C)c([N+](=O)[O-])c(C)c2)nc2ccccc12. The van der Waals surface area contributed by atoms with E-state index < -0.39 is 10.8 Å². The number of hydrogen-bond donors (Lipinski definition) is 2. The average Bonchev–Trinajstić information content (AvgIpc) is 2.61. The summed E-state index contributed by atoms with van der Waals surface area (Å²) >= 11 is 0. The first-order valence-corrected chi connectivity index (χ1v) is 8.48. The molecular formula is C19H19N5O3. The lowest BCUT2D eigenvalue weighted by molar-refractivity contribution is -0.386. The Morgan fingerprint density at radius 2 is 1.81 bits per heavy atom. The Labute approximate surface area is 155 Å². The maximum atomic E-state index is 12.6. The highest BCUT2D eigenvalue weighted by molar-refractivity contribution is 6.04. The van der Waals surface area contributed by atoms with Crippen molar-refractivity contribution >= 4 is 34.3 Å². The first-order valence-electron chi connectivity index (χ1n) is 8.48. The van der Waals surface area contributed by atoms with Crippen molar-refractivity contribution in [2.75, 3.05) is 17.2 Å². The summed E-state index contributed by atoms with van der Waals surface area (Å²) in [6, 6.07) is 10.5. The van der Waals surface area contributed by atoms with Gasteiger partial charge in [-0.25, -0.2) is 4.98 Å². The van der Waals surface area contributed by atoms with Gasteiger partial charge < -0.3 is 5.32 Å². The Morgan fingerprint density at radius 1 is 1.15 bits per heavy atom. The monoisotopic (exact) mass is 365 g/mol. The number of hydrogen-bond acceptors (Lipinski definition) is 6. The van der Waals surface area contributed by atoms with Crippen LogP contribution in [0.1, 0.15) is 28.4 Å². The lowest BCUT2D eigenvalue weighted by Gasteiger charge is -2.11. The number of nitrogens with one attached hydrogen (secondary N) is 2. The van der Waals surface area contributed by atoms with Gasteiger partial charge in [-0.2, -0.15) is 4.98 Å². The number of aromatic nitrogens is 2. The number of aryl methyl sites for hydroxylation is 2. The molecule has 3 aromatic rings. The van der Waals surface area contributed by atoms with E-state index in [0.29, 0.717) is 34.6 Å². The predicted molar refractivity (Wildman–Crippen MR) is 104 cm³/mol. The number of carbonyl (C=O) groups is 1. The standard InChI is InChI=1S/C19H19N5O3/c1-4-20-17-14-7-5-6-8-15(14)21-19(22-17)23-18(25)13-9-11(2)16(24(26)27)12(3)10-13/h5-10H,4H2,1-3H3,(H2,20,21,22,23,25). The third-order valence-electron chi connectivity index (χ3n) is 4.11. The molecule has 0 aliphatic carbocycles. The molecule has 2 N–H and O–H groups in total. The molecule has 0 spiro atoms. The zero-order chi connectivity index (χ0) is 19.6. The smallest absolute Gasteiger partial charge is 0.275 e. The summed E-state index contributed by atoms with van der Waals surface area (Å²) in [4.78, 5) is 32.1. The van der Waals surface area contributed by atoms with Crippen LogP contribution in [-0.2, 0) is 0 Å². The number of para-hydroxylation sites is 1. The normalized spacial score (nSPS) is 10.6. The van der Waals surface area contributed by atoms with Gasteiger partial charge in [0.1, 0.15) is 5.82 Å². The second-order valence-electron chi connectivity index (χ2n) is 6.11. The molecule has 1 heterocycles. The van der Waals surface area contributed by atoms with Crippen LogP contribution in [0.3, 0.4) is 0 Å². The van der Waals surface area contributed by atoms with Crippen LogP contribution < -0.4 is 10.6 Å². The minimum atomic E-state index is -0.443. The molecule has 1 amide bonds. The summed E-state index contributed by atoms with van der Waals surface area (Å²) in [5.74, 6) is 0.381. The molecular weight excluding hydrogens is 346 g/mol. The van der Waals surface area contributed by atoms with Gasteiger partial charge in [-0.05, 0) is 45.0 Å². The Hall–Kier alpha value is -3.55. The third kappa shape index (κ3) is 3.69. The van der Waals surface area contributed by atoms with Crippen molar-refractivity contribution in [3.8, 4) is 0 Å². The molecule has 3 rings (SSSR count). The molecule has 27 heavy (non-hydrogen) atoms. The van der Waals surface area contributed by atoms with Gasteiger partial charge in [-0.3, -0.25) is 20.2 Å². The lowest BCUT2D eigenvalue weighted by Crippen LogP contribution is -2.16. The van der Waals surface area contributed by atoms with E-state index in [2.05, 4.69) is 20.6 Å². The van der Waals surface area contributed by atoms with Crippen molar-refractivity contribution in [2.24, 2.45) is 0 Å². The number of fused-ring (bicyclic) bond motifs is 1. The second kappa shape index (κ2) is 7.36. The maximum absolute atomic E-state index is 12.6. The minimum absolute atomic E-state index is 0.0166. The fourth-order valence-electron chi connectivity index (χ4n) is 2.98. The van der Waals surface area contributed by atoms with Crippen LogP contribution in [0.25, 0.3) is 10.9 Å². The zero-order valence-electron chi connectivity index (χ0n) is 15.2. The van der Waals surface area contributed by atoms with Crippen molar-refractivity contribution in [2.45, 2.75) is 20.8 Å². The van der Waals surface area contributed by atoms with Crippen molar-refractivity contribution in [1.82, 2.24) is 9.97 Å². The highest BCUT2D eigenvalue weighted by Crippen LogP contribution is 2.25. The highest BCUT2D eigenvalue weighted by atomic mass is 16.6. The summed E-state index contributed by atoms with van der Waals surface area (Å²) in [5, 5.41) is 17.8. The Morgan fingerprint density at radius 3 is 2.44 bits per heavy atom. The van der Waals surface area contributed by atoms with Crippen LogP contribution in [0, 0.1) is 24.0 Å². The minimum Gasteiger partial charge on any atom is -0.370 e. The van der Waals surface area contributed by atoms with Gasteiger partial charge in [-0.1, -0.05) is 12.1 Å². The van der Waals surface area contributed by atoms with Gasteiger partial charge in [0, 0.05) is 28.6 Å². The molecule has 0 saturated carbocycles. The summed E-state index contributed by atoms with van der Waals surface area (Å²) in [7, 11) is 0. The topological polar surface area (TPSA) is 110 Å². The molecule has 0 atom stereocenters. The fraction of sp³-hybridized carbons (Fsp3) is 0.211. The average molecular weight is 365 g/mol. The molecule has 0 aliphatic heterocycles. The number of benzene rings is 2. The lowest BCUT2D eigenvalue weighted by atomic mass is 10.0. The van der Waals surface area contributed by atoms with Gasteiger partial charge in [0.25, 0.3) is 11.6 Å². The highest BCUT2D eigenvalue weighted by Gasteiger charge is 2.19. The molecule has 138 valence electrons. The number of nitro benzene ring substituents is 1. The van der Waals surface area contributed by atoms with E-state index in [1.807, 2.05) is 31.2 Å². The largest absolute Gasteiger partial charge is 0.370 e. The molecule has 0 radical (unpaired) electrons. The summed E-state index contributed by atoms with van der Waals surface area (Å²) in [5.41, 5.74) is 1.89. The molecule has 0 aliphatic rings. The molecule has 0 bridgehead atoms. The van der Waals surface area contributed by atoms with Gasteiger partial charge >= 0.3 is 0 Å². The van der Waals surface area contributed by atoms with E-state index in [-0.39, 0.29) is 11.6 Å². The van der Waals surface area contributed by atoms with E-state index in [1.165, 1.54) is 12.1 Å². The van der Waals surface area contributed by atoms with Crippen molar-refractivity contribution in [3.63, 3.8) is 0 Å². The first-order chi connectivity index (χ1) is 12.9. The summed E-state index contributed by atoms with van der Waals surface area (Å²) in [6.07, 6.45) is 0. The van der Waals surface area contributed by atoms with E-state index in [9.17, 15) is 14.9 Å². The van der Waals surface area contributed by atoms with Crippen LogP contribution in [0.5, 0.6) is 0 Å². The van der Waals surface area contributed by atoms with E-state index in [0.717, 1.165) is 5.39 Å². The van der Waals surface area contributed by atoms with Crippen LogP contribution in [0.15, 0.2) is 36.4 Å². The number of anilines is 2. The summed E-state index contributed by atoms with van der Waals surface area (Å²) in [6.45, 7) is 5.85. The number of nitrogens with zero attached hydrogens (tertiary/aromatic N) is 3. The third-order valence-corrected chi connectivity index (χ3v) is 4.11. The first kappa shape index (κ1) is 18.2. The van der Waals surface area contributed by atoms with Crippen molar-refractivity contribution in [3.05, 3.63) is 63.2 Å². The Kier molecular flexibility index (Phi) is 4.98. The second-order valence-corrected chi connectivity index (χ2v) is 6.11. The van der Waals surface area contributed by atoms with E-state index >= 15 is 0 Å². The maximum Gasteiger partial charge on any atom is 0.275 e. The van der Waals surface area contributed by atoms with E-state index in [1.54, 1.807) is 13.8 Å². The molecule has 2 aromatic carbocycles. The number of nitro groups is 1. The molecule has 0 saturated heterocycles. The van der Waals surface area contributed by atoms with Crippen LogP contribution in [0.2, 0.25) is 0 Å². The Bertz CT molecular complexity index is 1030. The molecule has 8 heteroatoms. The Balaban J connectivity index is 1.95. The predicted octanol–water partition coefficient (Wildman–Crippen LogP) is 3.84. The van der Waals surface area contributed by atoms with Gasteiger partial charge in [0.2, 0.25) is 5.95 Å². The quantitative estimate of drug-likeness (QED) is 0.525. The number of rotatable bonds is 5. The van der Waals surface area contributed by atoms with Crippen LogP contribution in [0.4, 0.5) is 17.5 Å². The number of amides is 1. The van der Waals surface area contributed by atoms with E-state index in [4.69, 9.17) is 0 Å².